The van der Waals surface area contributed by atoms with E-state index in [0.717, 1.165) is 22.8 Å². The van der Waals surface area contributed by atoms with Crippen LogP contribution in [0, 0.1) is 0 Å². The lowest BCUT2D eigenvalue weighted by Gasteiger charge is -2.21. The molecule has 8 nitrogen and oxygen atoms in total. The van der Waals surface area contributed by atoms with Crippen LogP contribution in [0.4, 0.5) is 4.79 Å². The number of aromatic nitrogens is 4. The molecule has 1 aromatic carbocycles. The fourth-order valence-electron chi connectivity index (χ4n) is 3.55. The second kappa shape index (κ2) is 8.82. The number of hydrogen-bond donors (Lipinski definition) is 0. The molecule has 0 saturated heterocycles. The summed E-state index contributed by atoms with van der Waals surface area (Å²) in [4.78, 5) is 28.4. The van der Waals surface area contributed by atoms with Gasteiger partial charge in [0.25, 0.3) is 0 Å². The largest absolute Gasteiger partial charge is 0.479 e. The zero-order valence-corrected chi connectivity index (χ0v) is 18.9. The summed E-state index contributed by atoms with van der Waals surface area (Å²) in [6.45, 7) is 5.43. The minimum Gasteiger partial charge on any atom is -0.479 e. The predicted octanol–water partition coefficient (Wildman–Crippen LogP) is 4.69. The Balaban J connectivity index is 1.97. The molecule has 33 heavy (non-hydrogen) atoms. The van der Waals surface area contributed by atoms with Gasteiger partial charge >= 0.3 is 6.09 Å². The number of carbonyl (C=O) groups excluding carboxylic acids is 2. The Morgan fingerprint density at radius 3 is 2.48 bits per heavy atom. The summed E-state index contributed by atoms with van der Waals surface area (Å²) in [6, 6.07) is 12.9. The van der Waals surface area contributed by atoms with Crippen molar-refractivity contribution in [3.63, 3.8) is 0 Å². The Bertz CT molecular complexity index is 1320. The topological polar surface area (TPSA) is 96.2 Å². The first-order chi connectivity index (χ1) is 15.8. The van der Waals surface area contributed by atoms with Crippen LogP contribution in [0.5, 0.6) is 5.88 Å². The number of ether oxygens (including phenoxy) is 2. The van der Waals surface area contributed by atoms with E-state index in [4.69, 9.17) is 9.47 Å². The Hall–Kier alpha value is -4.07. The van der Waals surface area contributed by atoms with Gasteiger partial charge in [0.05, 0.1) is 29.6 Å². The first-order valence-electron chi connectivity index (χ1n) is 10.4. The third kappa shape index (κ3) is 4.59. The summed E-state index contributed by atoms with van der Waals surface area (Å²) in [6.07, 6.45) is 3.89. The molecule has 3 heterocycles. The van der Waals surface area contributed by atoms with Crippen molar-refractivity contribution in [2.45, 2.75) is 32.8 Å². The van der Waals surface area contributed by atoms with E-state index in [1.165, 1.54) is 11.7 Å². The van der Waals surface area contributed by atoms with Crippen LogP contribution in [-0.4, -0.2) is 44.8 Å². The lowest BCUT2D eigenvalue weighted by atomic mass is 10.1. The van der Waals surface area contributed by atoms with Gasteiger partial charge in [-0.25, -0.2) is 9.36 Å². The summed E-state index contributed by atoms with van der Waals surface area (Å²) in [5, 5.41) is 9.32. The second-order valence-electron chi connectivity index (χ2n) is 8.50. The van der Waals surface area contributed by atoms with Gasteiger partial charge in [-0.1, -0.05) is 12.1 Å². The third-order valence-electron chi connectivity index (χ3n) is 4.97. The number of aldehydes is 1. The third-order valence-corrected chi connectivity index (χ3v) is 4.97. The molecule has 0 saturated carbocycles. The number of pyridine rings is 1. The maximum atomic E-state index is 13.3. The van der Waals surface area contributed by atoms with Crippen molar-refractivity contribution in [1.29, 1.82) is 0 Å². The molecule has 0 aliphatic carbocycles. The van der Waals surface area contributed by atoms with Crippen molar-refractivity contribution in [3.8, 4) is 28.4 Å². The molecular formula is C25H24N4O4. The van der Waals surface area contributed by atoms with Gasteiger partial charge in [0.2, 0.25) is 5.88 Å². The normalized spacial score (nSPS) is 11.4. The zero-order chi connectivity index (χ0) is 23.6. The number of carbonyl (C=O) groups is 2. The van der Waals surface area contributed by atoms with E-state index >= 15 is 0 Å². The molecule has 8 heteroatoms. The summed E-state index contributed by atoms with van der Waals surface area (Å²) in [7, 11) is 1.50. The molecule has 0 aliphatic rings. The second-order valence-corrected chi connectivity index (χ2v) is 8.50. The maximum absolute atomic E-state index is 13.3. The van der Waals surface area contributed by atoms with E-state index in [2.05, 4.69) is 15.2 Å². The highest BCUT2D eigenvalue weighted by Gasteiger charge is 2.25. The van der Waals surface area contributed by atoms with E-state index < -0.39 is 11.7 Å². The van der Waals surface area contributed by atoms with Gasteiger partial charge in [-0.05, 0) is 56.7 Å². The monoisotopic (exact) mass is 444 g/mol. The molecule has 0 amide bonds. The number of fused-ring (bicyclic) bond motifs is 1. The van der Waals surface area contributed by atoms with Gasteiger partial charge in [-0.15, -0.1) is 10.2 Å². The standard InChI is InChI=1S/C25H24N4O4/c1-25(2,3)33-24(31)29-21-13-16(9-12-30)5-6-18(21)14-22(29)19-15-20(27-28-23(19)32-4)17-7-10-26-11-8-17/h5-8,10-15H,9H2,1-4H3. The lowest BCUT2D eigenvalue weighted by molar-refractivity contribution is -0.107. The highest BCUT2D eigenvalue weighted by molar-refractivity contribution is 5.97. The molecule has 0 atom stereocenters. The Labute approximate surface area is 191 Å². The SMILES string of the molecule is COc1nnc(-c2ccncc2)cc1-c1cc2ccc(CC=O)cc2n1C(=O)OC(C)(C)C. The Morgan fingerprint density at radius 1 is 1.06 bits per heavy atom. The number of nitrogens with zero attached hydrogens (tertiary/aromatic N) is 4. The van der Waals surface area contributed by atoms with Crippen molar-refractivity contribution >= 4 is 23.3 Å². The van der Waals surface area contributed by atoms with Crippen LogP contribution in [0.2, 0.25) is 0 Å². The molecule has 0 aliphatic heterocycles. The van der Waals surface area contributed by atoms with Crippen LogP contribution < -0.4 is 4.74 Å². The van der Waals surface area contributed by atoms with Gasteiger partial charge in [-0.2, -0.15) is 0 Å². The summed E-state index contributed by atoms with van der Waals surface area (Å²) >= 11 is 0. The molecule has 3 aromatic heterocycles. The molecule has 4 rings (SSSR count). The Kier molecular flexibility index (Phi) is 5.91. The van der Waals surface area contributed by atoms with Gasteiger partial charge in [0.1, 0.15) is 11.9 Å². The number of benzene rings is 1. The molecule has 0 radical (unpaired) electrons. The van der Waals surface area contributed by atoms with Crippen molar-refractivity contribution in [1.82, 2.24) is 19.7 Å². The number of hydrogen-bond acceptors (Lipinski definition) is 7. The number of methoxy groups -OCH3 is 1. The lowest BCUT2D eigenvalue weighted by Crippen LogP contribution is -2.27. The van der Waals surface area contributed by atoms with Crippen molar-refractivity contribution in [2.24, 2.45) is 0 Å². The van der Waals surface area contributed by atoms with Crippen LogP contribution in [0.3, 0.4) is 0 Å². The van der Waals surface area contributed by atoms with Gasteiger partial charge < -0.3 is 14.3 Å². The van der Waals surface area contributed by atoms with Crippen LogP contribution in [-0.2, 0) is 16.0 Å². The van der Waals surface area contributed by atoms with Crippen molar-refractivity contribution in [3.05, 3.63) is 60.4 Å². The summed E-state index contributed by atoms with van der Waals surface area (Å²) in [5.74, 6) is 0.272. The Morgan fingerprint density at radius 2 is 1.82 bits per heavy atom. The van der Waals surface area contributed by atoms with Crippen LogP contribution in [0.15, 0.2) is 54.9 Å². The minimum atomic E-state index is -0.700. The molecule has 168 valence electrons. The van der Waals surface area contributed by atoms with Gasteiger partial charge in [0.15, 0.2) is 0 Å². The average molecular weight is 444 g/mol. The first kappa shape index (κ1) is 22.1. The van der Waals surface area contributed by atoms with Crippen LogP contribution in [0.1, 0.15) is 26.3 Å². The van der Waals surface area contributed by atoms with Crippen molar-refractivity contribution in [2.75, 3.05) is 7.11 Å². The molecule has 0 spiro atoms. The van der Waals surface area contributed by atoms with Crippen LogP contribution in [0.25, 0.3) is 33.4 Å². The molecule has 0 bridgehead atoms. The van der Waals surface area contributed by atoms with Crippen molar-refractivity contribution < 1.29 is 19.1 Å². The quantitative estimate of drug-likeness (QED) is 0.412. The van der Waals surface area contributed by atoms with E-state index in [1.807, 2.05) is 63.2 Å². The smallest absolute Gasteiger partial charge is 0.419 e. The van der Waals surface area contributed by atoms with E-state index in [-0.39, 0.29) is 12.3 Å². The highest BCUT2D eigenvalue weighted by atomic mass is 16.6. The molecular weight excluding hydrogens is 420 g/mol. The molecule has 4 aromatic rings. The minimum absolute atomic E-state index is 0.247. The summed E-state index contributed by atoms with van der Waals surface area (Å²) < 4.78 is 12.7. The first-order valence-corrected chi connectivity index (χ1v) is 10.4. The number of rotatable bonds is 5. The fourth-order valence-corrected chi connectivity index (χ4v) is 3.55. The van der Waals surface area contributed by atoms with E-state index in [0.29, 0.717) is 22.5 Å². The highest BCUT2D eigenvalue weighted by Crippen LogP contribution is 2.36. The van der Waals surface area contributed by atoms with Crippen LogP contribution >= 0.6 is 0 Å². The fraction of sp³-hybridized carbons (Fsp3) is 0.240. The van der Waals surface area contributed by atoms with E-state index in [1.54, 1.807) is 12.4 Å². The average Bonchev–Trinajstić information content (AvgIpc) is 3.17. The maximum Gasteiger partial charge on any atom is 0.419 e. The van der Waals surface area contributed by atoms with Gasteiger partial charge in [-0.3, -0.25) is 4.98 Å². The molecule has 0 fully saturated rings. The predicted molar refractivity (Wildman–Crippen MR) is 124 cm³/mol. The zero-order valence-electron chi connectivity index (χ0n) is 18.9. The van der Waals surface area contributed by atoms with Gasteiger partial charge in [0, 0.05) is 29.8 Å². The molecule has 0 unspecified atom stereocenters. The molecule has 0 N–H and O–H groups in total. The summed E-state index contributed by atoms with van der Waals surface area (Å²) in [5.41, 5.74) is 3.29. The van der Waals surface area contributed by atoms with E-state index in [9.17, 15) is 9.59 Å².